The van der Waals surface area contributed by atoms with Crippen LogP contribution in [0.25, 0.3) is 10.2 Å². The minimum absolute atomic E-state index is 0.140. The number of carbonyl (C=O) groups excluding carboxylic acids is 2. The molecule has 2 aromatic heterocycles. The number of thiophene rings is 1. The lowest BCUT2D eigenvalue weighted by Gasteiger charge is -2.18. The molecule has 0 aliphatic heterocycles. The van der Waals surface area contributed by atoms with Crippen molar-refractivity contribution < 1.29 is 24.2 Å². The number of aromatic nitrogens is 2. The van der Waals surface area contributed by atoms with Crippen LogP contribution in [0.15, 0.2) is 6.07 Å². The van der Waals surface area contributed by atoms with E-state index in [0.717, 1.165) is 15.9 Å². The Morgan fingerprint density at radius 1 is 1.38 bits per heavy atom. The van der Waals surface area contributed by atoms with Gasteiger partial charge < -0.3 is 20.5 Å². The highest BCUT2D eigenvalue weighted by molar-refractivity contribution is 7.20. The Hall–Kier alpha value is -2.46. The number of rotatable bonds is 8. The fourth-order valence-corrected chi connectivity index (χ4v) is 3.47. The Balaban J connectivity index is 2.01. The summed E-state index contributed by atoms with van der Waals surface area (Å²) >= 11 is 1.28. The monoisotopic (exact) mass is 382 g/mol. The molecule has 0 saturated carbocycles. The summed E-state index contributed by atoms with van der Waals surface area (Å²) in [7, 11) is 3.25. The van der Waals surface area contributed by atoms with E-state index in [1.54, 1.807) is 17.8 Å². The molecule has 2 rings (SSSR count). The summed E-state index contributed by atoms with van der Waals surface area (Å²) in [5, 5.41) is 19.3. The predicted octanol–water partition coefficient (Wildman–Crippen LogP) is 0.667. The maximum absolute atomic E-state index is 12.4. The Bertz CT molecular complexity index is 794. The van der Waals surface area contributed by atoms with Gasteiger partial charge in [0.1, 0.15) is 16.9 Å². The Labute approximate surface area is 154 Å². The lowest BCUT2D eigenvalue weighted by Crippen LogP contribution is -2.50. The second-order valence-electron chi connectivity index (χ2n) is 5.91. The maximum Gasteiger partial charge on any atom is 0.326 e. The molecule has 0 aliphatic rings. The molecule has 0 spiro atoms. The zero-order valence-corrected chi connectivity index (χ0v) is 15.8. The van der Waals surface area contributed by atoms with Crippen LogP contribution >= 0.6 is 11.3 Å². The smallest absolute Gasteiger partial charge is 0.326 e. The van der Waals surface area contributed by atoms with Crippen molar-refractivity contribution in [3.05, 3.63) is 16.6 Å². The van der Waals surface area contributed by atoms with Gasteiger partial charge in [-0.25, -0.2) is 4.79 Å². The molecule has 2 amide bonds. The first-order valence-electron chi connectivity index (χ1n) is 8.00. The van der Waals surface area contributed by atoms with Gasteiger partial charge in [0.25, 0.3) is 5.91 Å². The molecule has 2 aromatic rings. The number of aryl methyl sites for hydroxylation is 2. The summed E-state index contributed by atoms with van der Waals surface area (Å²) in [6.07, 6.45) is 0.140. The molecule has 0 saturated heterocycles. The number of nitrogens with zero attached hydrogens (tertiary/aromatic N) is 2. The van der Waals surface area contributed by atoms with E-state index in [9.17, 15) is 14.4 Å². The maximum atomic E-state index is 12.4. The van der Waals surface area contributed by atoms with Gasteiger partial charge in [-0.15, -0.1) is 11.3 Å². The third-order valence-electron chi connectivity index (χ3n) is 3.89. The summed E-state index contributed by atoms with van der Waals surface area (Å²) in [5.74, 6) is -2.11. The van der Waals surface area contributed by atoms with Crippen molar-refractivity contribution in [1.82, 2.24) is 20.4 Å². The summed E-state index contributed by atoms with van der Waals surface area (Å²) in [5.41, 5.74) is 0.825. The van der Waals surface area contributed by atoms with E-state index in [-0.39, 0.29) is 13.0 Å². The zero-order chi connectivity index (χ0) is 19.4. The van der Waals surface area contributed by atoms with Crippen molar-refractivity contribution in [2.75, 3.05) is 13.7 Å². The van der Waals surface area contributed by atoms with Crippen molar-refractivity contribution >= 4 is 39.3 Å². The van der Waals surface area contributed by atoms with Gasteiger partial charge in [0.2, 0.25) is 5.91 Å². The lowest BCUT2D eigenvalue weighted by molar-refractivity contribution is -0.142. The number of amides is 2. The number of carboxylic acid groups (broad SMARTS) is 1. The molecule has 26 heavy (non-hydrogen) atoms. The zero-order valence-electron chi connectivity index (χ0n) is 15.0. The molecule has 2 unspecified atom stereocenters. The van der Waals surface area contributed by atoms with Crippen LogP contribution in [0.3, 0.4) is 0 Å². The van der Waals surface area contributed by atoms with Crippen LogP contribution in [0.1, 0.15) is 28.7 Å². The molecule has 3 N–H and O–H groups in total. The number of carbonyl (C=O) groups is 3. The van der Waals surface area contributed by atoms with E-state index in [0.29, 0.717) is 4.88 Å². The molecule has 0 radical (unpaired) electrons. The van der Waals surface area contributed by atoms with Crippen LogP contribution in [0.2, 0.25) is 0 Å². The Morgan fingerprint density at radius 3 is 2.65 bits per heavy atom. The number of nitrogens with one attached hydrogen (secondary N) is 2. The van der Waals surface area contributed by atoms with Crippen molar-refractivity contribution in [2.24, 2.45) is 7.05 Å². The van der Waals surface area contributed by atoms with E-state index in [1.165, 1.54) is 25.4 Å². The second-order valence-corrected chi connectivity index (χ2v) is 6.95. The SMILES string of the molecule is COCCC(NC(=O)C(C)NC(=O)c1cc2c(C)nn(C)c2s1)C(=O)O. The van der Waals surface area contributed by atoms with Gasteiger partial charge in [0.05, 0.1) is 10.6 Å². The first-order chi connectivity index (χ1) is 12.2. The molecule has 0 fully saturated rings. The van der Waals surface area contributed by atoms with Crippen molar-refractivity contribution in [1.29, 1.82) is 0 Å². The van der Waals surface area contributed by atoms with E-state index >= 15 is 0 Å². The van der Waals surface area contributed by atoms with Gasteiger partial charge in [-0.05, 0) is 19.9 Å². The molecule has 2 atom stereocenters. The van der Waals surface area contributed by atoms with Crippen molar-refractivity contribution in [3.8, 4) is 0 Å². The van der Waals surface area contributed by atoms with E-state index in [1.807, 2.05) is 6.92 Å². The van der Waals surface area contributed by atoms with Gasteiger partial charge in [-0.3, -0.25) is 14.3 Å². The van der Waals surface area contributed by atoms with Gasteiger partial charge in [-0.1, -0.05) is 0 Å². The molecular formula is C16H22N4O5S. The Kier molecular flexibility index (Phi) is 6.32. The fourth-order valence-electron chi connectivity index (χ4n) is 2.44. The number of hydrogen-bond donors (Lipinski definition) is 3. The molecule has 0 aromatic carbocycles. The molecule has 0 bridgehead atoms. The first-order valence-corrected chi connectivity index (χ1v) is 8.82. The molecule has 142 valence electrons. The molecule has 9 nitrogen and oxygen atoms in total. The highest BCUT2D eigenvalue weighted by atomic mass is 32.1. The van der Waals surface area contributed by atoms with Gasteiger partial charge in [-0.2, -0.15) is 5.10 Å². The molecular weight excluding hydrogens is 360 g/mol. The average molecular weight is 382 g/mol. The topological polar surface area (TPSA) is 123 Å². The van der Waals surface area contributed by atoms with E-state index in [4.69, 9.17) is 9.84 Å². The fraction of sp³-hybridized carbons (Fsp3) is 0.500. The van der Waals surface area contributed by atoms with Crippen LogP contribution in [0, 0.1) is 6.92 Å². The number of aliphatic carboxylic acids is 1. The second kappa shape index (κ2) is 8.28. The summed E-state index contributed by atoms with van der Waals surface area (Å²) < 4.78 is 6.54. The number of hydrogen-bond acceptors (Lipinski definition) is 6. The number of ether oxygens (including phenoxy) is 1. The third kappa shape index (κ3) is 4.38. The average Bonchev–Trinajstić information content (AvgIpc) is 3.13. The van der Waals surface area contributed by atoms with Crippen LogP contribution in [-0.2, 0) is 21.4 Å². The van der Waals surface area contributed by atoms with Crippen molar-refractivity contribution in [2.45, 2.75) is 32.4 Å². The van der Waals surface area contributed by atoms with Crippen LogP contribution < -0.4 is 10.6 Å². The van der Waals surface area contributed by atoms with Gasteiger partial charge in [0, 0.05) is 32.6 Å². The van der Waals surface area contributed by atoms with Crippen LogP contribution in [-0.4, -0.2) is 58.5 Å². The van der Waals surface area contributed by atoms with Gasteiger partial charge >= 0.3 is 5.97 Å². The Morgan fingerprint density at radius 2 is 2.08 bits per heavy atom. The van der Waals surface area contributed by atoms with E-state index < -0.39 is 29.9 Å². The summed E-state index contributed by atoms with van der Waals surface area (Å²) in [4.78, 5) is 37.1. The standard InChI is InChI=1S/C16H22N4O5S/c1-8-10-7-12(26-15(10)20(3)19-8)14(22)17-9(2)13(21)18-11(16(23)24)5-6-25-4/h7,9,11H,5-6H2,1-4H3,(H,17,22)(H,18,21)(H,23,24). The quantitative estimate of drug-likeness (QED) is 0.617. The first kappa shape index (κ1) is 19.9. The summed E-state index contributed by atoms with van der Waals surface area (Å²) in [6.45, 7) is 3.56. The molecule has 0 aliphatic carbocycles. The van der Waals surface area contributed by atoms with Gasteiger partial charge in [0.15, 0.2) is 0 Å². The minimum atomic E-state index is -1.15. The highest BCUT2D eigenvalue weighted by Gasteiger charge is 2.24. The summed E-state index contributed by atoms with van der Waals surface area (Å²) in [6, 6.07) is -0.211. The molecule has 2 heterocycles. The number of carboxylic acids is 1. The minimum Gasteiger partial charge on any atom is -0.480 e. The molecule has 10 heteroatoms. The number of methoxy groups -OCH3 is 1. The highest BCUT2D eigenvalue weighted by Crippen LogP contribution is 2.27. The lowest BCUT2D eigenvalue weighted by atomic mass is 10.2. The normalized spacial score (nSPS) is 13.4. The van der Waals surface area contributed by atoms with Crippen LogP contribution in [0.5, 0.6) is 0 Å². The largest absolute Gasteiger partial charge is 0.480 e. The van der Waals surface area contributed by atoms with Crippen molar-refractivity contribution in [3.63, 3.8) is 0 Å². The van der Waals surface area contributed by atoms with Crippen LogP contribution in [0.4, 0.5) is 0 Å². The van der Waals surface area contributed by atoms with E-state index in [2.05, 4.69) is 15.7 Å². The predicted molar refractivity (Wildman–Crippen MR) is 96.3 cm³/mol. The third-order valence-corrected chi connectivity index (χ3v) is 5.09. The number of fused-ring (bicyclic) bond motifs is 1.